The maximum absolute atomic E-state index is 12.1. The highest BCUT2D eigenvalue weighted by Gasteiger charge is 2.21. The molecule has 0 unspecified atom stereocenters. The number of aryl methyl sites for hydroxylation is 1. The van der Waals surface area contributed by atoms with Gasteiger partial charge >= 0.3 is 0 Å². The number of fused-ring (bicyclic) bond motifs is 2. The van der Waals surface area contributed by atoms with E-state index in [4.69, 9.17) is 4.74 Å². The normalized spacial score (nSPS) is 13.2. The van der Waals surface area contributed by atoms with E-state index >= 15 is 0 Å². The van der Waals surface area contributed by atoms with Crippen LogP contribution >= 0.6 is 11.3 Å². The van der Waals surface area contributed by atoms with Crippen LogP contribution in [0.4, 0.5) is 11.5 Å². The van der Waals surface area contributed by atoms with E-state index in [-0.39, 0.29) is 5.91 Å². The molecule has 146 valence electrons. The third kappa shape index (κ3) is 3.21. The Balaban J connectivity index is 1.51. The molecule has 0 fully saturated rings. The van der Waals surface area contributed by atoms with Crippen molar-refractivity contribution in [3.05, 3.63) is 52.8 Å². The van der Waals surface area contributed by atoms with Crippen LogP contribution < -0.4 is 15.4 Å². The summed E-state index contributed by atoms with van der Waals surface area (Å²) in [6, 6.07) is 9.87. The third-order valence-corrected chi connectivity index (χ3v) is 5.88. The number of carbonyl (C=O) groups is 1. The summed E-state index contributed by atoms with van der Waals surface area (Å²) >= 11 is 1.66. The molecule has 4 heterocycles. The lowest BCUT2D eigenvalue weighted by Crippen LogP contribution is -2.31. The Labute approximate surface area is 171 Å². The molecular weight excluding hydrogens is 386 g/mol. The topological polar surface area (TPSA) is 91.9 Å². The molecule has 0 aliphatic carbocycles. The maximum Gasteiger partial charge on any atom is 0.253 e. The number of nitrogens with one attached hydrogen (secondary N) is 3. The van der Waals surface area contributed by atoms with Gasteiger partial charge in [0.05, 0.1) is 39.8 Å². The standard InChI is InChI=1S/C21H19N5O2S/c1-11-24-16-4-3-12(7-19(16)29-11)25-20-9-13(18(28-2)10-23-20)17-8-14-15(26-17)5-6-22-21(14)27/h3-4,7-10,26H,5-6H2,1-2H3,(H,22,27)(H,23,25). The molecule has 29 heavy (non-hydrogen) atoms. The summed E-state index contributed by atoms with van der Waals surface area (Å²) in [5, 5.41) is 7.27. The summed E-state index contributed by atoms with van der Waals surface area (Å²) in [4.78, 5) is 24.4. The average Bonchev–Trinajstić information content (AvgIpc) is 3.31. The van der Waals surface area contributed by atoms with Crippen LogP contribution in [0.3, 0.4) is 0 Å². The molecule has 0 saturated carbocycles. The summed E-state index contributed by atoms with van der Waals surface area (Å²) in [5.41, 5.74) is 5.25. The Morgan fingerprint density at radius 3 is 2.93 bits per heavy atom. The molecule has 0 saturated heterocycles. The van der Waals surface area contributed by atoms with Gasteiger partial charge in [0.1, 0.15) is 11.6 Å². The number of nitrogens with zero attached hydrogens (tertiary/aromatic N) is 2. The number of rotatable bonds is 4. The monoisotopic (exact) mass is 405 g/mol. The van der Waals surface area contributed by atoms with E-state index < -0.39 is 0 Å². The van der Waals surface area contributed by atoms with Gasteiger partial charge in [0.25, 0.3) is 5.91 Å². The maximum atomic E-state index is 12.1. The second kappa shape index (κ2) is 6.89. The molecule has 0 bridgehead atoms. The lowest BCUT2D eigenvalue weighted by atomic mass is 10.1. The van der Waals surface area contributed by atoms with Crippen LogP contribution in [-0.4, -0.2) is 34.5 Å². The SMILES string of the molecule is COc1cnc(Nc2ccc3nc(C)sc3c2)cc1-c1cc2c([nH]1)CCNC2=O. The number of hydrogen-bond donors (Lipinski definition) is 3. The van der Waals surface area contributed by atoms with Crippen molar-refractivity contribution in [1.82, 2.24) is 20.3 Å². The van der Waals surface area contributed by atoms with Crippen molar-refractivity contribution in [3.63, 3.8) is 0 Å². The minimum atomic E-state index is -0.0479. The largest absolute Gasteiger partial charge is 0.494 e. The number of H-pyrrole nitrogens is 1. The van der Waals surface area contributed by atoms with Crippen LogP contribution in [-0.2, 0) is 6.42 Å². The lowest BCUT2D eigenvalue weighted by molar-refractivity contribution is 0.0946. The highest BCUT2D eigenvalue weighted by Crippen LogP contribution is 2.34. The smallest absolute Gasteiger partial charge is 0.253 e. The average molecular weight is 405 g/mol. The van der Waals surface area contributed by atoms with Crippen LogP contribution in [0, 0.1) is 6.92 Å². The Morgan fingerprint density at radius 1 is 1.21 bits per heavy atom. The van der Waals surface area contributed by atoms with E-state index in [9.17, 15) is 4.79 Å². The van der Waals surface area contributed by atoms with Crippen LogP contribution in [0.2, 0.25) is 0 Å². The quantitative estimate of drug-likeness (QED) is 0.477. The lowest BCUT2D eigenvalue weighted by Gasteiger charge is -2.11. The molecule has 7 nitrogen and oxygen atoms in total. The van der Waals surface area contributed by atoms with Gasteiger partial charge in [0.2, 0.25) is 0 Å². The minimum Gasteiger partial charge on any atom is -0.494 e. The number of methoxy groups -OCH3 is 1. The van der Waals surface area contributed by atoms with Crippen molar-refractivity contribution < 1.29 is 9.53 Å². The van der Waals surface area contributed by atoms with Crippen molar-refractivity contribution in [2.75, 3.05) is 19.0 Å². The summed E-state index contributed by atoms with van der Waals surface area (Å²) in [6.07, 6.45) is 2.47. The van der Waals surface area contributed by atoms with Crippen molar-refractivity contribution >= 4 is 39.0 Å². The molecule has 3 N–H and O–H groups in total. The fourth-order valence-electron chi connectivity index (χ4n) is 3.59. The molecule has 1 aliphatic rings. The van der Waals surface area contributed by atoms with E-state index in [1.165, 1.54) is 0 Å². The van der Waals surface area contributed by atoms with Crippen molar-refractivity contribution in [2.24, 2.45) is 0 Å². The van der Waals surface area contributed by atoms with Gasteiger partial charge in [-0.2, -0.15) is 0 Å². The number of thiazole rings is 1. The van der Waals surface area contributed by atoms with E-state index in [1.54, 1.807) is 24.6 Å². The molecular formula is C21H19N5O2S. The number of aromatic nitrogens is 3. The van der Waals surface area contributed by atoms with Crippen molar-refractivity contribution in [2.45, 2.75) is 13.3 Å². The zero-order chi connectivity index (χ0) is 20.0. The molecule has 1 amide bonds. The van der Waals surface area contributed by atoms with Crippen molar-refractivity contribution in [3.8, 4) is 17.0 Å². The Bertz CT molecular complexity index is 1240. The van der Waals surface area contributed by atoms with E-state index in [2.05, 4.69) is 31.7 Å². The van der Waals surface area contributed by atoms with Gasteiger partial charge in [-0.15, -0.1) is 11.3 Å². The Hall–Kier alpha value is -3.39. The number of ether oxygens (including phenoxy) is 1. The van der Waals surface area contributed by atoms with Crippen LogP contribution in [0.1, 0.15) is 21.1 Å². The Morgan fingerprint density at radius 2 is 2.10 bits per heavy atom. The first-order chi connectivity index (χ1) is 14.1. The molecule has 0 atom stereocenters. The van der Waals surface area contributed by atoms with Crippen LogP contribution in [0.5, 0.6) is 5.75 Å². The minimum absolute atomic E-state index is 0.0479. The second-order valence-electron chi connectivity index (χ2n) is 6.89. The summed E-state index contributed by atoms with van der Waals surface area (Å²) in [6.45, 7) is 2.65. The Kier molecular flexibility index (Phi) is 4.21. The van der Waals surface area contributed by atoms with Crippen LogP contribution in [0.25, 0.3) is 21.5 Å². The molecule has 4 aromatic rings. The fraction of sp³-hybridized carbons (Fsp3) is 0.190. The molecule has 5 rings (SSSR count). The number of amides is 1. The predicted molar refractivity (Wildman–Crippen MR) is 114 cm³/mol. The first-order valence-electron chi connectivity index (χ1n) is 9.29. The first-order valence-corrected chi connectivity index (χ1v) is 10.1. The molecule has 3 aromatic heterocycles. The number of hydrogen-bond acceptors (Lipinski definition) is 6. The predicted octanol–water partition coefficient (Wildman–Crippen LogP) is 4.03. The third-order valence-electron chi connectivity index (χ3n) is 4.95. The van der Waals surface area contributed by atoms with Gasteiger partial charge < -0.3 is 20.4 Å². The molecule has 0 spiro atoms. The second-order valence-corrected chi connectivity index (χ2v) is 8.13. The van der Waals surface area contributed by atoms with Gasteiger partial charge in [0, 0.05) is 29.9 Å². The van der Waals surface area contributed by atoms with E-state index in [0.29, 0.717) is 23.7 Å². The van der Waals surface area contributed by atoms with E-state index in [0.717, 1.165) is 44.3 Å². The highest BCUT2D eigenvalue weighted by molar-refractivity contribution is 7.18. The molecule has 1 aliphatic heterocycles. The molecule has 8 heteroatoms. The van der Waals surface area contributed by atoms with Crippen molar-refractivity contribution in [1.29, 1.82) is 0 Å². The number of pyridine rings is 1. The highest BCUT2D eigenvalue weighted by atomic mass is 32.1. The number of anilines is 2. The molecule has 0 radical (unpaired) electrons. The zero-order valence-electron chi connectivity index (χ0n) is 16.0. The zero-order valence-corrected chi connectivity index (χ0v) is 16.8. The summed E-state index contributed by atoms with van der Waals surface area (Å²) < 4.78 is 6.64. The van der Waals surface area contributed by atoms with Gasteiger partial charge in [0.15, 0.2) is 0 Å². The van der Waals surface area contributed by atoms with E-state index in [1.807, 2.05) is 31.2 Å². The van der Waals surface area contributed by atoms with Crippen LogP contribution in [0.15, 0.2) is 36.5 Å². The van der Waals surface area contributed by atoms with Gasteiger partial charge in [-0.25, -0.2) is 9.97 Å². The van der Waals surface area contributed by atoms with Gasteiger partial charge in [-0.1, -0.05) is 0 Å². The number of carbonyl (C=O) groups excluding carboxylic acids is 1. The van der Waals surface area contributed by atoms with Gasteiger partial charge in [-0.05, 0) is 37.3 Å². The number of aromatic amines is 1. The summed E-state index contributed by atoms with van der Waals surface area (Å²) in [7, 11) is 1.61. The first kappa shape index (κ1) is 17.7. The van der Waals surface area contributed by atoms with Gasteiger partial charge in [-0.3, -0.25) is 4.79 Å². The summed E-state index contributed by atoms with van der Waals surface area (Å²) in [5.74, 6) is 1.29. The fourth-order valence-corrected chi connectivity index (χ4v) is 4.45. The number of benzene rings is 1. The molecule has 1 aromatic carbocycles.